The third kappa shape index (κ3) is 5.17. The van der Waals surface area contributed by atoms with Gasteiger partial charge in [0.1, 0.15) is 0 Å². The van der Waals surface area contributed by atoms with Crippen molar-refractivity contribution < 1.29 is 19.4 Å². The maximum Gasteiger partial charge on any atom is 0.317 e. The van der Waals surface area contributed by atoms with Crippen molar-refractivity contribution in [2.24, 2.45) is 5.41 Å². The number of carboxylic acids is 1. The van der Waals surface area contributed by atoms with Crippen LogP contribution in [0.2, 0.25) is 0 Å². The van der Waals surface area contributed by atoms with Gasteiger partial charge in [0.25, 0.3) is 0 Å². The van der Waals surface area contributed by atoms with Crippen molar-refractivity contribution in [2.75, 3.05) is 53.5 Å². The number of hydrogen-bond acceptors (Lipinski definition) is 4. The van der Waals surface area contributed by atoms with Gasteiger partial charge in [-0.3, -0.25) is 4.79 Å². The van der Waals surface area contributed by atoms with Crippen molar-refractivity contribution in [3.8, 4) is 0 Å². The summed E-state index contributed by atoms with van der Waals surface area (Å²) in [7, 11) is 3.95. The monoisotopic (exact) mass is 301 g/mol. The van der Waals surface area contributed by atoms with E-state index in [4.69, 9.17) is 4.74 Å². The molecule has 0 aliphatic carbocycles. The fourth-order valence-corrected chi connectivity index (χ4v) is 2.35. The highest BCUT2D eigenvalue weighted by molar-refractivity contribution is 5.79. The van der Waals surface area contributed by atoms with Gasteiger partial charge in [0.05, 0.1) is 18.6 Å². The summed E-state index contributed by atoms with van der Waals surface area (Å²) in [5.41, 5.74) is -0.778. The lowest BCUT2D eigenvalue weighted by atomic mass is 9.84. The van der Waals surface area contributed by atoms with Gasteiger partial charge in [-0.25, -0.2) is 4.79 Å². The van der Waals surface area contributed by atoms with E-state index in [-0.39, 0.29) is 12.6 Å². The maximum absolute atomic E-state index is 12.0. The molecule has 0 spiro atoms. The second kappa shape index (κ2) is 8.19. The summed E-state index contributed by atoms with van der Waals surface area (Å²) in [4.78, 5) is 26.9. The van der Waals surface area contributed by atoms with Crippen LogP contribution in [0.5, 0.6) is 0 Å². The van der Waals surface area contributed by atoms with Crippen LogP contribution in [0, 0.1) is 5.41 Å². The summed E-state index contributed by atoms with van der Waals surface area (Å²) in [6, 6.07) is -0.206. The number of likely N-dealkylation sites (N-methyl/N-ethyl adjacent to an activating group) is 1. The Labute approximate surface area is 126 Å². The molecule has 1 rings (SSSR count). The average Bonchev–Trinajstić information content (AvgIpc) is 2.88. The molecule has 122 valence electrons. The Bertz CT molecular complexity index is 362. The molecule has 0 aromatic carbocycles. The molecule has 1 fully saturated rings. The number of urea groups is 1. The first-order valence-corrected chi connectivity index (χ1v) is 7.40. The molecule has 1 aliphatic rings. The Hall–Kier alpha value is -1.34. The zero-order valence-electron chi connectivity index (χ0n) is 13.2. The van der Waals surface area contributed by atoms with Crippen LogP contribution in [0.1, 0.15) is 19.8 Å². The molecule has 1 heterocycles. The van der Waals surface area contributed by atoms with Gasteiger partial charge in [0, 0.05) is 26.2 Å². The second-order valence-electron chi connectivity index (χ2n) is 5.76. The number of ether oxygens (including phenoxy) is 1. The van der Waals surface area contributed by atoms with Crippen LogP contribution in [0.3, 0.4) is 0 Å². The van der Waals surface area contributed by atoms with Crippen LogP contribution in [-0.2, 0) is 9.53 Å². The van der Waals surface area contributed by atoms with Gasteiger partial charge in [-0.1, -0.05) is 6.92 Å². The SMILES string of the molecule is CCC1(C(=O)O)CCN(C(=O)NCCOCCN(C)C)C1. The molecule has 1 unspecified atom stereocenters. The number of hydrogen-bond donors (Lipinski definition) is 2. The summed E-state index contributed by atoms with van der Waals surface area (Å²) in [5.74, 6) is -0.813. The molecule has 7 nitrogen and oxygen atoms in total. The largest absolute Gasteiger partial charge is 0.481 e. The number of nitrogens with one attached hydrogen (secondary N) is 1. The van der Waals surface area contributed by atoms with Gasteiger partial charge in [-0.2, -0.15) is 0 Å². The molecule has 0 saturated carbocycles. The van der Waals surface area contributed by atoms with Crippen LogP contribution in [-0.4, -0.2) is 80.4 Å². The number of likely N-dealkylation sites (tertiary alicyclic amines) is 1. The summed E-state index contributed by atoms with van der Waals surface area (Å²) in [5, 5.41) is 12.1. The molecule has 1 saturated heterocycles. The molecule has 0 aromatic rings. The van der Waals surface area contributed by atoms with Gasteiger partial charge in [-0.15, -0.1) is 0 Å². The second-order valence-corrected chi connectivity index (χ2v) is 5.76. The minimum Gasteiger partial charge on any atom is -0.481 e. The molecule has 1 aliphatic heterocycles. The van der Waals surface area contributed by atoms with Crippen molar-refractivity contribution in [3.63, 3.8) is 0 Å². The van der Waals surface area contributed by atoms with Crippen molar-refractivity contribution in [1.29, 1.82) is 0 Å². The smallest absolute Gasteiger partial charge is 0.317 e. The van der Waals surface area contributed by atoms with E-state index in [9.17, 15) is 14.7 Å². The first-order chi connectivity index (χ1) is 9.91. The molecule has 2 N–H and O–H groups in total. The van der Waals surface area contributed by atoms with Crippen molar-refractivity contribution in [3.05, 3.63) is 0 Å². The summed E-state index contributed by atoms with van der Waals surface area (Å²) >= 11 is 0. The number of amides is 2. The number of rotatable bonds is 8. The predicted molar refractivity (Wildman–Crippen MR) is 79.3 cm³/mol. The normalized spacial score (nSPS) is 21.8. The van der Waals surface area contributed by atoms with Crippen LogP contribution >= 0.6 is 0 Å². The Morgan fingerprint density at radius 3 is 2.62 bits per heavy atom. The zero-order chi connectivity index (χ0) is 15.9. The van der Waals surface area contributed by atoms with E-state index in [0.717, 1.165) is 6.54 Å². The quantitative estimate of drug-likeness (QED) is 0.637. The van der Waals surface area contributed by atoms with Gasteiger partial charge in [0.15, 0.2) is 0 Å². The van der Waals surface area contributed by atoms with Crippen LogP contribution < -0.4 is 5.32 Å². The molecule has 0 bridgehead atoms. The van der Waals surface area contributed by atoms with E-state index in [2.05, 4.69) is 5.32 Å². The molecule has 0 radical (unpaired) electrons. The fraction of sp³-hybridized carbons (Fsp3) is 0.857. The predicted octanol–water partition coefficient (Wildman–Crippen LogP) is 0.461. The van der Waals surface area contributed by atoms with Crippen molar-refractivity contribution in [1.82, 2.24) is 15.1 Å². The number of carboxylic acid groups (broad SMARTS) is 1. The van der Waals surface area contributed by atoms with E-state index in [1.54, 1.807) is 4.90 Å². The lowest BCUT2D eigenvalue weighted by Gasteiger charge is -2.23. The molecule has 2 amide bonds. The van der Waals surface area contributed by atoms with Gasteiger partial charge in [-0.05, 0) is 26.9 Å². The average molecular weight is 301 g/mol. The number of carbonyl (C=O) groups is 2. The molecule has 0 aromatic heterocycles. The summed E-state index contributed by atoms with van der Waals surface area (Å²) < 4.78 is 5.39. The molecular formula is C14H27N3O4. The van der Waals surface area contributed by atoms with Crippen LogP contribution in [0.25, 0.3) is 0 Å². The topological polar surface area (TPSA) is 82.1 Å². The van der Waals surface area contributed by atoms with Crippen LogP contribution in [0.15, 0.2) is 0 Å². The molecule has 1 atom stereocenters. The van der Waals surface area contributed by atoms with Gasteiger partial charge in [0.2, 0.25) is 0 Å². The minimum atomic E-state index is -0.813. The number of carbonyl (C=O) groups excluding carboxylic acids is 1. The number of nitrogens with zero attached hydrogens (tertiary/aromatic N) is 2. The lowest BCUT2D eigenvalue weighted by Crippen LogP contribution is -2.42. The Morgan fingerprint density at radius 1 is 1.38 bits per heavy atom. The van der Waals surface area contributed by atoms with E-state index < -0.39 is 11.4 Å². The Balaban J connectivity index is 2.23. The third-order valence-corrected chi connectivity index (χ3v) is 3.98. The fourth-order valence-electron chi connectivity index (χ4n) is 2.35. The van der Waals surface area contributed by atoms with Gasteiger partial charge >= 0.3 is 12.0 Å². The molecular weight excluding hydrogens is 274 g/mol. The highest BCUT2D eigenvalue weighted by atomic mass is 16.5. The highest BCUT2D eigenvalue weighted by Crippen LogP contribution is 2.34. The van der Waals surface area contributed by atoms with E-state index in [1.165, 1.54) is 0 Å². The minimum absolute atomic E-state index is 0.206. The standard InChI is InChI=1S/C14H27N3O4/c1-4-14(12(18)19)5-7-17(11-14)13(20)15-6-9-21-10-8-16(2)3/h4-11H2,1-3H3,(H,15,20)(H,18,19). The van der Waals surface area contributed by atoms with E-state index >= 15 is 0 Å². The van der Waals surface area contributed by atoms with Gasteiger partial charge < -0.3 is 25.0 Å². The zero-order valence-corrected chi connectivity index (χ0v) is 13.2. The summed E-state index contributed by atoms with van der Waals surface area (Å²) in [6.07, 6.45) is 1.06. The lowest BCUT2D eigenvalue weighted by molar-refractivity contribution is -0.148. The first-order valence-electron chi connectivity index (χ1n) is 7.40. The Morgan fingerprint density at radius 2 is 2.10 bits per heavy atom. The van der Waals surface area contributed by atoms with Crippen molar-refractivity contribution in [2.45, 2.75) is 19.8 Å². The van der Waals surface area contributed by atoms with Crippen molar-refractivity contribution >= 4 is 12.0 Å². The molecule has 7 heteroatoms. The Kier molecular flexibility index (Phi) is 6.91. The molecule has 21 heavy (non-hydrogen) atoms. The van der Waals surface area contributed by atoms with E-state index in [0.29, 0.717) is 39.1 Å². The first kappa shape index (κ1) is 17.7. The van der Waals surface area contributed by atoms with Crippen LogP contribution in [0.4, 0.5) is 4.79 Å². The maximum atomic E-state index is 12.0. The number of aliphatic carboxylic acids is 1. The van der Waals surface area contributed by atoms with E-state index in [1.807, 2.05) is 25.9 Å². The third-order valence-electron chi connectivity index (χ3n) is 3.98. The summed E-state index contributed by atoms with van der Waals surface area (Å²) in [6.45, 7) is 5.01. The highest BCUT2D eigenvalue weighted by Gasteiger charge is 2.44.